The van der Waals surface area contributed by atoms with E-state index in [2.05, 4.69) is 167 Å². The first-order valence-electron chi connectivity index (χ1n) is 17.9. The van der Waals surface area contributed by atoms with Crippen molar-refractivity contribution in [1.82, 2.24) is 19.1 Å². The van der Waals surface area contributed by atoms with Crippen LogP contribution in [0.25, 0.3) is 110 Å². The Balaban J connectivity index is 1.32. The molecule has 0 N–H and O–H groups in total. The minimum Gasteiger partial charge on any atom is -0.454 e. The third-order valence-electron chi connectivity index (χ3n) is 10.9. The van der Waals surface area contributed by atoms with Crippen LogP contribution < -0.4 is 0 Å². The molecule has 246 valence electrons. The van der Waals surface area contributed by atoms with E-state index in [-0.39, 0.29) is 0 Å². The Morgan fingerprint density at radius 3 is 1.83 bits per heavy atom. The molecule has 0 atom stereocenters. The first kappa shape index (κ1) is 28.5. The van der Waals surface area contributed by atoms with Gasteiger partial charge in [-0.05, 0) is 41.8 Å². The maximum Gasteiger partial charge on any atom is 0.235 e. The van der Waals surface area contributed by atoms with Gasteiger partial charge in [0.15, 0.2) is 5.58 Å². The van der Waals surface area contributed by atoms with Gasteiger partial charge in [-0.25, -0.2) is 9.97 Å². The monoisotopic (exact) mass is 676 g/mol. The summed E-state index contributed by atoms with van der Waals surface area (Å²) in [5.74, 6) is 0.630. The largest absolute Gasteiger partial charge is 0.454 e. The summed E-state index contributed by atoms with van der Waals surface area (Å²) in [6.45, 7) is 0. The summed E-state index contributed by atoms with van der Waals surface area (Å²) in [5.41, 5.74) is 9.91. The van der Waals surface area contributed by atoms with Crippen LogP contribution >= 0.6 is 0 Å². The molecule has 0 bridgehead atoms. The van der Waals surface area contributed by atoms with Crippen molar-refractivity contribution in [3.8, 4) is 22.9 Å². The number of fused-ring (bicyclic) bond motifs is 14. The Bertz CT molecular complexity index is 3450. The van der Waals surface area contributed by atoms with Gasteiger partial charge in [0, 0.05) is 54.3 Å². The molecule has 12 aromatic rings. The lowest BCUT2D eigenvalue weighted by molar-refractivity contribution is 0.671. The number of benzene rings is 8. The predicted octanol–water partition coefficient (Wildman–Crippen LogP) is 12.5. The van der Waals surface area contributed by atoms with Crippen LogP contribution in [0.4, 0.5) is 0 Å². The fourth-order valence-corrected chi connectivity index (χ4v) is 8.62. The average Bonchev–Trinajstić information content (AvgIpc) is 3.89. The molecule has 0 fully saturated rings. The number of aromatic nitrogens is 4. The van der Waals surface area contributed by atoms with Gasteiger partial charge in [0.25, 0.3) is 0 Å². The molecule has 4 heterocycles. The molecule has 0 aliphatic carbocycles. The van der Waals surface area contributed by atoms with Gasteiger partial charge in [-0.1, -0.05) is 133 Å². The van der Waals surface area contributed by atoms with Crippen molar-refractivity contribution in [2.45, 2.75) is 0 Å². The Kier molecular flexibility index (Phi) is 5.71. The maximum atomic E-state index is 6.74. The molecule has 5 nitrogen and oxygen atoms in total. The fourth-order valence-electron chi connectivity index (χ4n) is 8.62. The summed E-state index contributed by atoms with van der Waals surface area (Å²) < 4.78 is 11.4. The highest BCUT2D eigenvalue weighted by atomic mass is 16.3. The summed E-state index contributed by atoms with van der Waals surface area (Å²) >= 11 is 0. The Morgan fingerprint density at radius 2 is 1.00 bits per heavy atom. The zero-order valence-electron chi connectivity index (χ0n) is 28.4. The van der Waals surface area contributed by atoms with E-state index in [0.29, 0.717) is 5.95 Å². The normalized spacial score (nSPS) is 12.2. The Morgan fingerprint density at radius 1 is 0.396 bits per heavy atom. The second-order valence-corrected chi connectivity index (χ2v) is 13.7. The van der Waals surface area contributed by atoms with Crippen molar-refractivity contribution in [2.75, 3.05) is 0 Å². The lowest BCUT2D eigenvalue weighted by Gasteiger charge is -2.14. The van der Waals surface area contributed by atoms with Crippen LogP contribution in [0, 0.1) is 0 Å². The van der Waals surface area contributed by atoms with E-state index < -0.39 is 0 Å². The number of furan rings is 1. The van der Waals surface area contributed by atoms with Crippen molar-refractivity contribution in [2.24, 2.45) is 0 Å². The summed E-state index contributed by atoms with van der Waals surface area (Å²) in [7, 11) is 0. The average molecular weight is 677 g/mol. The molecule has 8 aromatic carbocycles. The molecule has 0 saturated carbocycles. The van der Waals surface area contributed by atoms with Crippen molar-refractivity contribution < 1.29 is 4.42 Å². The van der Waals surface area contributed by atoms with Gasteiger partial charge in [0.05, 0.1) is 33.3 Å². The SMILES string of the molecule is c1ccc(-c2nc(-n3c4ccccc4c4ccc5c6ccc7c8ccccc8oc7c6n(-c6ccccc6)c5c43)nc3c2ccc2ccccc23)cc1. The fraction of sp³-hybridized carbons (Fsp3) is 0. The molecule has 0 amide bonds. The molecule has 0 radical (unpaired) electrons. The third kappa shape index (κ3) is 3.91. The van der Waals surface area contributed by atoms with Crippen molar-refractivity contribution in [3.05, 3.63) is 170 Å². The van der Waals surface area contributed by atoms with Crippen LogP contribution in [-0.2, 0) is 0 Å². The topological polar surface area (TPSA) is 48.8 Å². The van der Waals surface area contributed by atoms with E-state index in [4.69, 9.17) is 14.4 Å². The number of para-hydroxylation sites is 3. The molecule has 0 aliphatic heterocycles. The molecular formula is C48H28N4O. The predicted molar refractivity (Wildman–Crippen MR) is 218 cm³/mol. The van der Waals surface area contributed by atoms with Gasteiger partial charge in [0.2, 0.25) is 5.95 Å². The maximum absolute atomic E-state index is 6.74. The van der Waals surface area contributed by atoms with E-state index in [1.165, 1.54) is 0 Å². The second kappa shape index (κ2) is 10.6. The number of nitrogens with zero attached hydrogens (tertiary/aromatic N) is 4. The van der Waals surface area contributed by atoms with Gasteiger partial charge in [-0.2, -0.15) is 0 Å². The quantitative estimate of drug-likeness (QED) is 0.175. The van der Waals surface area contributed by atoms with Gasteiger partial charge < -0.3 is 8.98 Å². The van der Waals surface area contributed by atoms with Gasteiger partial charge in [-0.15, -0.1) is 0 Å². The zero-order chi connectivity index (χ0) is 34.6. The highest BCUT2D eigenvalue weighted by Gasteiger charge is 2.25. The van der Waals surface area contributed by atoms with E-state index in [9.17, 15) is 0 Å². The van der Waals surface area contributed by atoms with Gasteiger partial charge in [0.1, 0.15) is 5.58 Å². The molecule has 4 aromatic heterocycles. The van der Waals surface area contributed by atoms with Crippen LogP contribution in [0.1, 0.15) is 0 Å². The number of hydrogen-bond acceptors (Lipinski definition) is 3. The standard InChI is InChI=1S/C48H28N4O/c1-3-14-30(15-4-1)42-39-24-23-29-13-7-8-18-32(29)43(39)50-48(49-42)52-40-21-11-9-19-33(40)35-25-26-36-37-27-28-38-34-20-10-12-22-41(34)53-47(38)46(37)51(44(36)45(35)52)31-16-5-2-6-17-31/h1-28H. The third-order valence-corrected chi connectivity index (χ3v) is 10.9. The van der Waals surface area contributed by atoms with Gasteiger partial charge in [-0.3, -0.25) is 4.57 Å². The Hall–Kier alpha value is -7.24. The molecule has 0 unspecified atom stereocenters. The lowest BCUT2D eigenvalue weighted by Crippen LogP contribution is -2.05. The molecule has 0 saturated heterocycles. The second-order valence-electron chi connectivity index (χ2n) is 13.7. The molecule has 0 spiro atoms. The smallest absolute Gasteiger partial charge is 0.235 e. The summed E-state index contributed by atoms with van der Waals surface area (Å²) in [6, 6.07) is 59.9. The molecule has 5 heteroatoms. The molecular weight excluding hydrogens is 649 g/mol. The van der Waals surface area contributed by atoms with E-state index >= 15 is 0 Å². The van der Waals surface area contributed by atoms with E-state index in [1.54, 1.807) is 0 Å². The first-order valence-corrected chi connectivity index (χ1v) is 17.9. The zero-order valence-corrected chi connectivity index (χ0v) is 28.4. The number of rotatable bonds is 3. The van der Waals surface area contributed by atoms with E-state index in [1.807, 2.05) is 12.1 Å². The minimum absolute atomic E-state index is 0.630. The van der Waals surface area contributed by atoms with Crippen molar-refractivity contribution in [3.63, 3.8) is 0 Å². The first-order chi connectivity index (χ1) is 26.3. The molecule has 12 rings (SSSR count). The summed E-state index contributed by atoms with van der Waals surface area (Å²) in [4.78, 5) is 11.0. The van der Waals surface area contributed by atoms with Crippen LogP contribution in [0.5, 0.6) is 0 Å². The van der Waals surface area contributed by atoms with Crippen LogP contribution in [0.2, 0.25) is 0 Å². The Labute approximate surface area is 302 Å². The minimum atomic E-state index is 0.630. The van der Waals surface area contributed by atoms with Crippen LogP contribution in [-0.4, -0.2) is 19.1 Å². The molecule has 0 aliphatic rings. The van der Waals surface area contributed by atoms with E-state index in [0.717, 1.165) is 104 Å². The summed E-state index contributed by atoms with van der Waals surface area (Å²) in [6.07, 6.45) is 0. The van der Waals surface area contributed by atoms with Crippen molar-refractivity contribution >= 4 is 87.2 Å². The van der Waals surface area contributed by atoms with Crippen LogP contribution in [0.15, 0.2) is 174 Å². The highest BCUT2D eigenvalue weighted by Crippen LogP contribution is 2.45. The highest BCUT2D eigenvalue weighted by molar-refractivity contribution is 6.28. The molecule has 53 heavy (non-hydrogen) atoms. The van der Waals surface area contributed by atoms with Crippen molar-refractivity contribution in [1.29, 1.82) is 0 Å². The van der Waals surface area contributed by atoms with Crippen LogP contribution in [0.3, 0.4) is 0 Å². The summed E-state index contributed by atoms with van der Waals surface area (Å²) in [5, 5.41) is 10.0. The number of hydrogen-bond donors (Lipinski definition) is 0. The van der Waals surface area contributed by atoms with Gasteiger partial charge >= 0.3 is 0 Å². The lowest BCUT2D eigenvalue weighted by atomic mass is 10.0.